The molecule has 31 heteroatoms. The van der Waals surface area contributed by atoms with Crippen LogP contribution in [0.4, 0.5) is 0 Å². The predicted molar refractivity (Wildman–Crippen MR) is 434 cm³/mol. The van der Waals surface area contributed by atoms with Crippen LogP contribution in [-0.4, -0.2) is 141 Å². The number of aryl methyl sites for hydroxylation is 1. The smallest absolute Gasteiger partial charge is 0.340 e. The number of carbonyl (C=O) groups excluding carboxylic acids is 9. The Morgan fingerprint density at radius 1 is 0.303 bits per heavy atom. The molecule has 0 fully saturated rings. The van der Waals surface area contributed by atoms with Gasteiger partial charge in [-0.25, -0.2) is 28.8 Å². The third-order valence-corrected chi connectivity index (χ3v) is 17.5. The molecule has 10 aromatic carbocycles. The van der Waals surface area contributed by atoms with Crippen molar-refractivity contribution in [2.45, 2.75) is 66.3 Å². The van der Waals surface area contributed by atoms with Crippen LogP contribution in [0, 0.1) is 0 Å². The van der Waals surface area contributed by atoms with Crippen LogP contribution in [0.2, 0.25) is 5.02 Å². The molecular weight excluding hydrogens is 1560 g/mol. The molecule has 10 aromatic rings. The number of hydrogen-bond donors (Lipinski definition) is 12. The third-order valence-electron chi connectivity index (χ3n) is 17.2. The number of hydrogen-bond acceptors (Lipinski definition) is 18. The van der Waals surface area contributed by atoms with Gasteiger partial charge in [-0.2, -0.15) is 0 Å². The Morgan fingerprint density at radius 3 is 1.01 bits per heavy atom. The van der Waals surface area contributed by atoms with Gasteiger partial charge in [0, 0.05) is 55.8 Å². The third kappa shape index (κ3) is 28.0. The molecule has 0 spiro atoms. The largest absolute Gasteiger partial charge is 0.497 e. The second kappa shape index (κ2) is 45.4. The number of ether oxygens (including phenoxy) is 3. The quantitative estimate of drug-likeness (QED) is 0.0186. The lowest BCUT2D eigenvalue weighted by Gasteiger charge is -2.12. The van der Waals surface area contributed by atoms with Crippen LogP contribution in [0.3, 0.4) is 0 Å². The van der Waals surface area contributed by atoms with Crippen molar-refractivity contribution in [3.8, 4) is 17.2 Å². The van der Waals surface area contributed by atoms with Crippen molar-refractivity contribution in [2.75, 3.05) is 21.3 Å². The van der Waals surface area contributed by atoms with Crippen LogP contribution in [0.25, 0.3) is 0 Å². The van der Waals surface area contributed by atoms with Gasteiger partial charge in [-0.05, 0) is 152 Å². The van der Waals surface area contributed by atoms with Gasteiger partial charge in [-0.15, -0.1) is 0 Å². The van der Waals surface area contributed by atoms with Gasteiger partial charge in [-0.1, -0.05) is 139 Å². The Hall–Kier alpha value is -15.5. The lowest BCUT2D eigenvalue weighted by molar-refractivity contribution is -0.118. The van der Waals surface area contributed by atoms with Crippen molar-refractivity contribution < 1.29 is 117 Å². The number of rotatable bonds is 30. The van der Waals surface area contributed by atoms with Crippen molar-refractivity contribution in [3.05, 3.63) is 335 Å². The first-order chi connectivity index (χ1) is 56.7. The number of nitrogens with two attached hydrogens (primary N) is 1. The maximum absolute atomic E-state index is 12.3. The summed E-state index contributed by atoms with van der Waals surface area (Å²) >= 11 is 5.89. The molecule has 0 heterocycles. The molecule has 0 unspecified atom stereocenters. The van der Waals surface area contributed by atoms with Gasteiger partial charge in [0.25, 0.3) is 29.5 Å². The van der Waals surface area contributed by atoms with E-state index in [9.17, 15) is 87.2 Å². The number of nitrogens with one attached hydrogen (secondary N) is 5. The first-order valence-corrected chi connectivity index (χ1v) is 36.0. The zero-order chi connectivity index (χ0) is 87.6. The molecule has 0 saturated heterocycles. The molecule has 0 aromatic heterocycles. The Balaban J connectivity index is 0.000000231. The van der Waals surface area contributed by atoms with E-state index in [4.69, 9.17) is 46.9 Å². The summed E-state index contributed by atoms with van der Waals surface area (Å²) in [6.07, 6.45) is 0.922. The molecule has 6 amide bonds. The van der Waals surface area contributed by atoms with E-state index in [2.05, 4.69) is 26.6 Å². The van der Waals surface area contributed by atoms with Crippen molar-refractivity contribution >= 4 is 100 Å². The van der Waals surface area contributed by atoms with Crippen molar-refractivity contribution in [1.29, 1.82) is 0 Å². The summed E-state index contributed by atoms with van der Waals surface area (Å²) in [5.74, 6) is -9.25. The number of aromatic carboxylic acids is 6. The van der Waals surface area contributed by atoms with E-state index < -0.39 is 53.5 Å². The summed E-state index contributed by atoms with van der Waals surface area (Å²) in [4.78, 5) is 173. The van der Waals surface area contributed by atoms with Gasteiger partial charge < -0.3 is 77.2 Å². The number of Topliss-reactive ketones (excluding diaryl/α,β-unsaturated/α-hetero) is 3. The SMILES string of the molecule is CC(=O)c1ccccc1C(=O)NCc1ccc(C(=O)O)c(Cl)c1.CC(=O)c1ccccc1C(=O)NCc1ccc(CCC(N)=O)cc1.COc1ccc(C(=O)NCc2ccc(C(C)=O)cc2)c(C(=O)O)c1.COc1cccc(C(=O)NCc2ccc(C(=O)O)cc2)c1C(=O)O.COc1cccc(C(=O)O)c1C(=O)NCc1ccc(C(=O)O)cc1. The molecular formula is C88H81ClN6O24. The zero-order valence-corrected chi connectivity index (χ0v) is 65.5. The van der Waals surface area contributed by atoms with E-state index >= 15 is 0 Å². The number of ketones is 3. The maximum Gasteiger partial charge on any atom is 0.340 e. The van der Waals surface area contributed by atoms with Gasteiger partial charge in [0.05, 0.1) is 82.0 Å². The van der Waals surface area contributed by atoms with Crippen LogP contribution in [-0.2, 0) is 43.9 Å². The minimum absolute atomic E-state index is 0.00340. The molecule has 13 N–H and O–H groups in total. The van der Waals surface area contributed by atoms with Crippen molar-refractivity contribution in [1.82, 2.24) is 26.6 Å². The number of primary amides is 1. The summed E-state index contributed by atoms with van der Waals surface area (Å²) in [6, 6.07) is 57.2. The molecule has 0 bridgehead atoms. The van der Waals surface area contributed by atoms with Gasteiger partial charge in [-0.3, -0.25) is 43.2 Å². The lowest BCUT2D eigenvalue weighted by atomic mass is 10.0. The summed E-state index contributed by atoms with van der Waals surface area (Å²) in [5.41, 5.74) is 11.7. The Bertz CT molecular complexity index is 5430. The highest BCUT2D eigenvalue weighted by Gasteiger charge is 2.25. The zero-order valence-electron chi connectivity index (χ0n) is 64.7. The highest BCUT2D eigenvalue weighted by molar-refractivity contribution is 6.33. The molecule has 0 aliphatic rings. The standard InChI is InChI=1S/C19H20N2O3.C18H17NO5.C17H14ClNO4.2C17H15NO6/c1-13(22)16-4-2-3-5-17(16)19(24)21-12-15-8-6-14(7-9-15)10-11-18(20)23;1-11(20)13-5-3-12(4-6-13)10-19-17(21)15-8-7-14(24-2)9-16(15)18(22)23;1-10(20)12-4-2-3-5-13(12)16(21)19-9-11-6-7-14(17(22)23)15(18)8-11;1-24-13-4-2-3-12(17(22)23)14(13)15(19)18-9-10-5-7-11(8-6-10)16(20)21;1-24-13-4-2-3-12(14(13)17(22)23)15(19)18-9-10-5-7-11(8-6-10)16(20)21/h2-9H,10-12H2,1H3,(H2,20,23)(H,21,24);3-9H,10H2,1-2H3,(H,19,21)(H,22,23);2-8H,9H2,1H3,(H,19,21)(H,22,23);2*2-8H,9H2,1H3,(H,18,19)(H,20,21)(H,22,23). The van der Waals surface area contributed by atoms with E-state index in [-0.39, 0.29) is 128 Å². The number of carboxylic acids is 6. The molecule has 10 rings (SSSR count). The Morgan fingerprint density at radius 2 is 0.639 bits per heavy atom. The molecule has 0 radical (unpaired) electrons. The summed E-state index contributed by atoms with van der Waals surface area (Å²) in [6.45, 7) is 5.33. The monoisotopic (exact) mass is 1640 g/mol. The topological polar surface area (TPSA) is 491 Å². The van der Waals surface area contributed by atoms with Gasteiger partial charge in [0.15, 0.2) is 17.3 Å². The highest BCUT2D eigenvalue weighted by Crippen LogP contribution is 2.26. The van der Waals surface area contributed by atoms with E-state index in [0.717, 1.165) is 16.7 Å². The maximum atomic E-state index is 12.3. The fourth-order valence-electron chi connectivity index (χ4n) is 10.9. The number of benzene rings is 10. The minimum Gasteiger partial charge on any atom is -0.497 e. The van der Waals surface area contributed by atoms with Gasteiger partial charge in [0.1, 0.15) is 22.8 Å². The second-order valence-corrected chi connectivity index (χ2v) is 25.8. The average molecular weight is 1640 g/mol. The van der Waals surface area contributed by atoms with E-state index in [1.807, 2.05) is 24.3 Å². The number of methoxy groups -OCH3 is 3. The van der Waals surface area contributed by atoms with Crippen LogP contribution in [0.1, 0.15) is 206 Å². The number of carbonyl (C=O) groups is 15. The summed E-state index contributed by atoms with van der Waals surface area (Å²) in [5, 5.41) is 67.8. The molecule has 0 aliphatic carbocycles. The molecule has 614 valence electrons. The molecule has 30 nitrogen and oxygen atoms in total. The average Bonchev–Trinajstić information content (AvgIpc) is 0.825. The number of halogens is 1. The van der Waals surface area contributed by atoms with Crippen molar-refractivity contribution in [2.24, 2.45) is 5.73 Å². The first kappa shape index (κ1) is 92.4. The first-order valence-electron chi connectivity index (χ1n) is 35.6. The molecule has 0 aliphatic heterocycles. The second-order valence-electron chi connectivity index (χ2n) is 25.4. The summed E-state index contributed by atoms with van der Waals surface area (Å²) in [7, 11) is 4.10. The van der Waals surface area contributed by atoms with Crippen LogP contribution < -0.4 is 46.5 Å². The molecule has 0 saturated carbocycles. The molecule has 0 atom stereocenters. The van der Waals surface area contributed by atoms with Gasteiger partial charge >= 0.3 is 35.8 Å². The van der Waals surface area contributed by atoms with E-state index in [1.54, 1.807) is 103 Å². The van der Waals surface area contributed by atoms with E-state index in [0.29, 0.717) is 69.6 Å². The predicted octanol–water partition coefficient (Wildman–Crippen LogP) is 12.0. The number of amides is 6. The fourth-order valence-corrected chi connectivity index (χ4v) is 11.2. The van der Waals surface area contributed by atoms with Crippen LogP contribution >= 0.6 is 11.6 Å². The van der Waals surface area contributed by atoms with E-state index in [1.165, 1.54) is 133 Å². The number of carboxylic acid groups (broad SMARTS) is 6. The molecule has 119 heavy (non-hydrogen) atoms. The Labute approximate surface area is 685 Å². The summed E-state index contributed by atoms with van der Waals surface area (Å²) < 4.78 is 15.0. The van der Waals surface area contributed by atoms with Crippen molar-refractivity contribution in [3.63, 3.8) is 0 Å². The highest BCUT2D eigenvalue weighted by atomic mass is 35.5. The van der Waals surface area contributed by atoms with Gasteiger partial charge in [0.2, 0.25) is 5.91 Å². The van der Waals surface area contributed by atoms with Crippen LogP contribution in [0.5, 0.6) is 17.2 Å². The fraction of sp³-hybridized carbons (Fsp3) is 0.148. The lowest BCUT2D eigenvalue weighted by Crippen LogP contribution is -2.25. The normalized spacial score (nSPS) is 10.1. The minimum atomic E-state index is -1.26. The van der Waals surface area contributed by atoms with Crippen LogP contribution in [0.15, 0.2) is 218 Å². The Kier molecular flexibility index (Phi) is 35.3.